The standard InChI is InChI=1S/C21H20BrN3O2/c1-2-15-8-4-6-11-18(15)23-21(27)24-19-12-7-13-25(20(19)26)14-16-9-3-5-10-17(16)22/h3-13H,2,14H2,1H3,(H2,23,24,27). The van der Waals surface area contributed by atoms with Crippen LogP contribution < -0.4 is 16.2 Å². The summed E-state index contributed by atoms with van der Waals surface area (Å²) in [5.41, 5.74) is 2.73. The Kier molecular flexibility index (Phi) is 6.08. The predicted octanol–water partition coefficient (Wildman–Crippen LogP) is 4.87. The molecule has 0 fully saturated rings. The molecule has 0 atom stereocenters. The number of hydrogen-bond acceptors (Lipinski definition) is 2. The van der Waals surface area contributed by atoms with Crippen molar-refractivity contribution in [2.24, 2.45) is 0 Å². The van der Waals surface area contributed by atoms with Crippen LogP contribution in [0.2, 0.25) is 0 Å². The van der Waals surface area contributed by atoms with Crippen molar-refractivity contribution in [1.82, 2.24) is 4.57 Å². The Hall–Kier alpha value is -2.86. The van der Waals surface area contributed by atoms with Gasteiger partial charge in [0.1, 0.15) is 5.69 Å². The van der Waals surface area contributed by atoms with E-state index in [1.807, 2.05) is 55.5 Å². The van der Waals surface area contributed by atoms with Gasteiger partial charge in [-0.15, -0.1) is 0 Å². The van der Waals surface area contributed by atoms with Crippen LogP contribution in [0, 0.1) is 0 Å². The predicted molar refractivity (Wildman–Crippen MR) is 112 cm³/mol. The number of halogens is 1. The molecule has 2 N–H and O–H groups in total. The number of hydrogen-bond donors (Lipinski definition) is 2. The van der Waals surface area contributed by atoms with Crippen LogP contribution in [-0.4, -0.2) is 10.6 Å². The summed E-state index contributed by atoms with van der Waals surface area (Å²) in [6.45, 7) is 2.44. The van der Waals surface area contributed by atoms with Crippen LogP contribution >= 0.6 is 15.9 Å². The molecule has 0 saturated heterocycles. The van der Waals surface area contributed by atoms with Crippen LogP contribution in [-0.2, 0) is 13.0 Å². The molecule has 27 heavy (non-hydrogen) atoms. The van der Waals surface area contributed by atoms with E-state index >= 15 is 0 Å². The van der Waals surface area contributed by atoms with Gasteiger partial charge in [-0.3, -0.25) is 4.79 Å². The summed E-state index contributed by atoms with van der Waals surface area (Å²) in [6.07, 6.45) is 2.51. The van der Waals surface area contributed by atoms with Gasteiger partial charge >= 0.3 is 6.03 Å². The molecule has 0 aliphatic heterocycles. The normalized spacial score (nSPS) is 10.4. The number of benzene rings is 2. The quantitative estimate of drug-likeness (QED) is 0.612. The van der Waals surface area contributed by atoms with E-state index in [1.54, 1.807) is 22.9 Å². The second-order valence-corrected chi connectivity index (χ2v) is 6.89. The minimum Gasteiger partial charge on any atom is -0.309 e. The molecule has 0 unspecified atom stereocenters. The molecule has 2 amide bonds. The molecule has 2 aromatic carbocycles. The highest BCUT2D eigenvalue weighted by molar-refractivity contribution is 9.10. The van der Waals surface area contributed by atoms with Crippen LogP contribution in [0.1, 0.15) is 18.1 Å². The third-order valence-electron chi connectivity index (χ3n) is 4.21. The van der Waals surface area contributed by atoms with Gasteiger partial charge in [-0.25, -0.2) is 4.79 Å². The molecule has 0 spiro atoms. The number of nitrogens with zero attached hydrogens (tertiary/aromatic N) is 1. The van der Waals surface area contributed by atoms with E-state index in [-0.39, 0.29) is 11.2 Å². The Morgan fingerprint density at radius 1 is 0.926 bits per heavy atom. The zero-order valence-electron chi connectivity index (χ0n) is 14.9. The lowest BCUT2D eigenvalue weighted by Crippen LogP contribution is -2.28. The summed E-state index contributed by atoms with van der Waals surface area (Å²) in [4.78, 5) is 25.0. The molecule has 0 saturated carbocycles. The number of para-hydroxylation sites is 1. The monoisotopic (exact) mass is 425 g/mol. The summed E-state index contributed by atoms with van der Waals surface area (Å²) < 4.78 is 2.50. The van der Waals surface area contributed by atoms with E-state index in [9.17, 15) is 9.59 Å². The van der Waals surface area contributed by atoms with Gasteiger partial charge in [0.15, 0.2) is 0 Å². The first kappa shape index (κ1) is 18.9. The lowest BCUT2D eigenvalue weighted by Gasteiger charge is -2.12. The first-order chi connectivity index (χ1) is 13.1. The molecule has 138 valence electrons. The van der Waals surface area contributed by atoms with Gasteiger partial charge in [0.05, 0.1) is 6.54 Å². The Labute approximate surface area is 166 Å². The van der Waals surface area contributed by atoms with E-state index in [0.29, 0.717) is 6.54 Å². The fraction of sp³-hybridized carbons (Fsp3) is 0.143. The summed E-state index contributed by atoms with van der Waals surface area (Å²) >= 11 is 3.49. The zero-order valence-corrected chi connectivity index (χ0v) is 16.5. The summed E-state index contributed by atoms with van der Waals surface area (Å²) in [5, 5.41) is 5.47. The smallest absolute Gasteiger partial charge is 0.309 e. The minimum atomic E-state index is -0.438. The highest BCUT2D eigenvalue weighted by atomic mass is 79.9. The first-order valence-corrected chi connectivity index (χ1v) is 9.46. The molecule has 6 heteroatoms. The number of carbonyl (C=O) groups excluding carboxylic acids is 1. The van der Waals surface area contributed by atoms with Gasteiger partial charge in [-0.2, -0.15) is 0 Å². The Morgan fingerprint density at radius 3 is 2.30 bits per heavy atom. The average molecular weight is 426 g/mol. The van der Waals surface area contributed by atoms with Crippen molar-refractivity contribution in [3.63, 3.8) is 0 Å². The first-order valence-electron chi connectivity index (χ1n) is 8.67. The van der Waals surface area contributed by atoms with Crippen LogP contribution in [0.15, 0.2) is 76.1 Å². The van der Waals surface area contributed by atoms with E-state index < -0.39 is 6.03 Å². The second kappa shape index (κ2) is 8.68. The number of aryl methyl sites for hydroxylation is 1. The van der Waals surface area contributed by atoms with E-state index in [4.69, 9.17) is 0 Å². The SMILES string of the molecule is CCc1ccccc1NC(=O)Nc1cccn(Cc2ccccc2Br)c1=O. The number of carbonyl (C=O) groups is 1. The lowest BCUT2D eigenvalue weighted by atomic mass is 10.1. The van der Waals surface area contributed by atoms with Crippen LogP contribution in [0.5, 0.6) is 0 Å². The van der Waals surface area contributed by atoms with Crippen molar-refractivity contribution in [2.75, 3.05) is 10.6 Å². The third kappa shape index (κ3) is 4.65. The molecule has 0 aliphatic rings. The summed E-state index contributed by atoms with van der Waals surface area (Å²) in [6, 6.07) is 18.2. The van der Waals surface area contributed by atoms with Crippen molar-refractivity contribution in [2.45, 2.75) is 19.9 Å². The fourth-order valence-electron chi connectivity index (χ4n) is 2.79. The Morgan fingerprint density at radius 2 is 1.56 bits per heavy atom. The van der Waals surface area contributed by atoms with Gasteiger partial charge < -0.3 is 15.2 Å². The average Bonchev–Trinajstić information content (AvgIpc) is 2.67. The van der Waals surface area contributed by atoms with Crippen molar-refractivity contribution in [3.05, 3.63) is 92.8 Å². The Bertz CT molecular complexity index is 1010. The molecule has 0 bridgehead atoms. The van der Waals surface area contributed by atoms with Crippen LogP contribution in [0.4, 0.5) is 16.2 Å². The van der Waals surface area contributed by atoms with Crippen molar-refractivity contribution >= 4 is 33.3 Å². The molecule has 0 radical (unpaired) electrons. The number of anilines is 2. The number of pyridine rings is 1. The maximum absolute atomic E-state index is 12.7. The summed E-state index contributed by atoms with van der Waals surface area (Å²) in [7, 11) is 0. The Balaban J connectivity index is 1.77. The number of nitrogens with one attached hydrogen (secondary N) is 2. The van der Waals surface area contributed by atoms with Gasteiger partial charge in [0.25, 0.3) is 5.56 Å². The molecule has 1 heterocycles. The largest absolute Gasteiger partial charge is 0.323 e. The van der Waals surface area contributed by atoms with Crippen LogP contribution in [0.3, 0.4) is 0 Å². The third-order valence-corrected chi connectivity index (χ3v) is 4.99. The zero-order chi connectivity index (χ0) is 19.2. The number of urea groups is 1. The molecule has 3 aromatic rings. The van der Waals surface area contributed by atoms with Crippen molar-refractivity contribution in [1.29, 1.82) is 0 Å². The van der Waals surface area contributed by atoms with E-state index in [2.05, 4.69) is 26.6 Å². The molecule has 0 aliphatic carbocycles. The fourth-order valence-corrected chi connectivity index (χ4v) is 3.20. The van der Waals surface area contributed by atoms with E-state index in [0.717, 1.165) is 27.7 Å². The summed E-state index contributed by atoms with van der Waals surface area (Å²) in [5.74, 6) is 0. The molecular weight excluding hydrogens is 406 g/mol. The van der Waals surface area contributed by atoms with Gasteiger partial charge in [0, 0.05) is 16.4 Å². The lowest BCUT2D eigenvalue weighted by molar-refractivity contribution is 0.262. The van der Waals surface area contributed by atoms with Gasteiger partial charge in [-0.1, -0.05) is 59.3 Å². The molecule has 3 rings (SSSR count). The number of rotatable bonds is 5. The van der Waals surface area contributed by atoms with E-state index in [1.165, 1.54) is 0 Å². The highest BCUT2D eigenvalue weighted by Gasteiger charge is 2.10. The molecular formula is C21H20BrN3O2. The second-order valence-electron chi connectivity index (χ2n) is 6.04. The minimum absolute atomic E-state index is 0.232. The van der Waals surface area contributed by atoms with Crippen LogP contribution in [0.25, 0.3) is 0 Å². The maximum atomic E-state index is 12.7. The molecule has 5 nitrogen and oxygen atoms in total. The van der Waals surface area contributed by atoms with Crippen molar-refractivity contribution < 1.29 is 4.79 Å². The molecule has 1 aromatic heterocycles. The topological polar surface area (TPSA) is 63.1 Å². The number of aromatic nitrogens is 1. The van der Waals surface area contributed by atoms with Gasteiger partial charge in [-0.05, 0) is 41.8 Å². The number of amides is 2. The van der Waals surface area contributed by atoms with Crippen molar-refractivity contribution in [3.8, 4) is 0 Å². The van der Waals surface area contributed by atoms with Gasteiger partial charge in [0.2, 0.25) is 0 Å². The highest BCUT2D eigenvalue weighted by Crippen LogP contribution is 2.17. The maximum Gasteiger partial charge on any atom is 0.323 e.